The number of quaternary nitrogens is 1. The van der Waals surface area contributed by atoms with Gasteiger partial charge < -0.3 is 4.48 Å². The first-order valence-corrected chi connectivity index (χ1v) is 9.04. The van der Waals surface area contributed by atoms with E-state index in [4.69, 9.17) is 4.98 Å². The number of halogens is 1. The molecule has 1 aliphatic heterocycles. The molecule has 0 saturated carbocycles. The van der Waals surface area contributed by atoms with Gasteiger partial charge in [0, 0.05) is 11.1 Å². The highest BCUT2D eigenvalue weighted by molar-refractivity contribution is 5.79. The summed E-state index contributed by atoms with van der Waals surface area (Å²) in [5.41, 5.74) is 2.24. The van der Waals surface area contributed by atoms with E-state index in [1.165, 1.54) is 12.1 Å². The van der Waals surface area contributed by atoms with Crippen molar-refractivity contribution in [2.75, 3.05) is 27.2 Å². The minimum atomic E-state index is -0.279. The van der Waals surface area contributed by atoms with E-state index in [1.807, 2.05) is 16.7 Å². The lowest BCUT2D eigenvalue weighted by molar-refractivity contribution is -0.889. The van der Waals surface area contributed by atoms with Gasteiger partial charge in [-0.25, -0.2) is 9.37 Å². The molecule has 4 rings (SSSR count). The summed E-state index contributed by atoms with van der Waals surface area (Å²) in [7, 11) is 4.36. The minimum Gasteiger partial charge on any atom is -0.327 e. The Morgan fingerprint density at radius 1 is 1.04 bits per heavy atom. The molecular weight excluding hydrogens is 341 g/mol. The number of benzene rings is 2. The molecule has 2 heterocycles. The predicted molar refractivity (Wildman–Crippen MR) is 104 cm³/mol. The molecule has 0 radical (unpaired) electrons. The zero-order valence-electron chi connectivity index (χ0n) is 15.5. The fourth-order valence-corrected chi connectivity index (χ4v) is 3.33. The van der Waals surface area contributed by atoms with Crippen molar-refractivity contribution in [1.82, 2.24) is 9.55 Å². The van der Waals surface area contributed by atoms with Gasteiger partial charge in [-0.2, -0.15) is 0 Å². The number of aromatic nitrogens is 2. The summed E-state index contributed by atoms with van der Waals surface area (Å²) in [4.78, 5) is 17.7. The lowest BCUT2D eigenvalue weighted by Crippen LogP contribution is -2.42. The van der Waals surface area contributed by atoms with E-state index in [-0.39, 0.29) is 11.4 Å². The molecular formula is C22H21FN3O+. The highest BCUT2D eigenvalue weighted by Crippen LogP contribution is 2.15. The van der Waals surface area contributed by atoms with Crippen LogP contribution in [0.1, 0.15) is 17.0 Å². The molecule has 5 heteroatoms. The molecule has 2 aromatic carbocycles. The second kappa shape index (κ2) is 6.64. The molecule has 4 nitrogen and oxygen atoms in total. The molecule has 3 aromatic rings. The third-order valence-corrected chi connectivity index (χ3v) is 5.10. The summed E-state index contributed by atoms with van der Waals surface area (Å²) in [6.45, 7) is 2.57. The lowest BCUT2D eigenvalue weighted by atomic mass is 10.1. The zero-order valence-corrected chi connectivity index (χ0v) is 15.5. The lowest BCUT2D eigenvalue weighted by Gasteiger charge is -2.27. The van der Waals surface area contributed by atoms with E-state index in [2.05, 4.69) is 25.9 Å². The van der Waals surface area contributed by atoms with E-state index in [0.717, 1.165) is 40.9 Å². The minimum absolute atomic E-state index is 0.0231. The summed E-state index contributed by atoms with van der Waals surface area (Å²) < 4.78 is 15.7. The van der Waals surface area contributed by atoms with E-state index < -0.39 is 0 Å². The van der Waals surface area contributed by atoms with Gasteiger partial charge in [-0.15, -0.1) is 0 Å². The molecule has 27 heavy (non-hydrogen) atoms. The predicted octanol–water partition coefficient (Wildman–Crippen LogP) is 2.57. The van der Waals surface area contributed by atoms with Crippen LogP contribution in [0.5, 0.6) is 0 Å². The Kier molecular flexibility index (Phi) is 4.29. The van der Waals surface area contributed by atoms with Crippen molar-refractivity contribution in [1.29, 1.82) is 0 Å². The van der Waals surface area contributed by atoms with Crippen molar-refractivity contribution in [3.05, 3.63) is 75.6 Å². The normalized spacial score (nSPS) is 15.5. The standard InChI is InChI=1S/C22H21FN3O/c1-26(2)13-11-21-24-20-15-17(4-3-16-5-8-18(23)9-6-16)7-10-19(20)22(27)25(21)12-14-26/h5-10,15H,11-14H2,1-2H3/q+1. The first kappa shape index (κ1) is 17.4. The monoisotopic (exact) mass is 362 g/mol. The summed E-state index contributed by atoms with van der Waals surface area (Å²) >= 11 is 0. The molecule has 1 aliphatic rings. The van der Waals surface area contributed by atoms with E-state index in [1.54, 1.807) is 18.2 Å². The van der Waals surface area contributed by atoms with Gasteiger partial charge in [0.2, 0.25) is 0 Å². The Hall–Kier alpha value is -2.97. The third kappa shape index (κ3) is 3.62. The van der Waals surface area contributed by atoms with Crippen molar-refractivity contribution >= 4 is 10.9 Å². The average molecular weight is 362 g/mol. The van der Waals surface area contributed by atoms with Crippen LogP contribution in [0.2, 0.25) is 0 Å². The van der Waals surface area contributed by atoms with E-state index >= 15 is 0 Å². The van der Waals surface area contributed by atoms with E-state index in [0.29, 0.717) is 17.4 Å². The molecule has 136 valence electrons. The Balaban J connectivity index is 1.74. The zero-order chi connectivity index (χ0) is 19.0. The Labute approximate surface area is 157 Å². The van der Waals surface area contributed by atoms with Gasteiger partial charge in [0.25, 0.3) is 5.56 Å². The van der Waals surface area contributed by atoms with Crippen molar-refractivity contribution in [3.8, 4) is 11.8 Å². The van der Waals surface area contributed by atoms with Gasteiger partial charge >= 0.3 is 0 Å². The molecule has 0 amide bonds. The van der Waals surface area contributed by atoms with Crippen molar-refractivity contribution in [3.63, 3.8) is 0 Å². The molecule has 0 aliphatic carbocycles. The van der Waals surface area contributed by atoms with Crippen LogP contribution < -0.4 is 5.56 Å². The number of nitrogens with zero attached hydrogens (tertiary/aromatic N) is 3. The Bertz CT molecular complexity index is 1130. The summed E-state index contributed by atoms with van der Waals surface area (Å²) in [6, 6.07) is 11.6. The average Bonchev–Trinajstić information content (AvgIpc) is 2.80. The van der Waals surface area contributed by atoms with Crippen LogP contribution >= 0.6 is 0 Å². The van der Waals surface area contributed by atoms with Crippen molar-refractivity contribution < 1.29 is 8.87 Å². The third-order valence-electron chi connectivity index (χ3n) is 5.10. The largest absolute Gasteiger partial charge is 0.327 e. The molecule has 0 atom stereocenters. The number of hydrogen-bond donors (Lipinski definition) is 0. The molecule has 1 aromatic heterocycles. The fraction of sp³-hybridized carbons (Fsp3) is 0.273. The summed E-state index contributed by atoms with van der Waals surface area (Å²) in [6.07, 6.45) is 0.781. The van der Waals surface area contributed by atoms with Gasteiger partial charge in [0.15, 0.2) is 0 Å². The highest BCUT2D eigenvalue weighted by Gasteiger charge is 2.23. The molecule has 0 saturated heterocycles. The quantitative estimate of drug-likeness (QED) is 0.455. The molecule has 0 fully saturated rings. The Morgan fingerprint density at radius 3 is 2.52 bits per heavy atom. The van der Waals surface area contributed by atoms with E-state index in [9.17, 15) is 9.18 Å². The van der Waals surface area contributed by atoms with Crippen LogP contribution in [-0.2, 0) is 13.0 Å². The molecule has 0 unspecified atom stereocenters. The van der Waals surface area contributed by atoms with Crippen LogP contribution in [0, 0.1) is 17.7 Å². The van der Waals surface area contributed by atoms with Crippen molar-refractivity contribution in [2.45, 2.75) is 13.0 Å². The smallest absolute Gasteiger partial charge is 0.261 e. The van der Waals surface area contributed by atoms with Gasteiger partial charge in [0.05, 0.1) is 51.1 Å². The SMILES string of the molecule is C[N+]1(C)CCc2nc3cc(C#Cc4ccc(F)cc4)ccc3c(=O)n2CC1. The van der Waals surface area contributed by atoms with Crippen LogP contribution in [0.15, 0.2) is 47.3 Å². The number of rotatable bonds is 0. The second-order valence-electron chi connectivity index (χ2n) is 7.61. The topological polar surface area (TPSA) is 34.9 Å². The van der Waals surface area contributed by atoms with Crippen molar-refractivity contribution in [2.24, 2.45) is 0 Å². The number of fused-ring (bicyclic) bond motifs is 2. The fourth-order valence-electron chi connectivity index (χ4n) is 3.33. The highest BCUT2D eigenvalue weighted by atomic mass is 19.1. The Morgan fingerprint density at radius 2 is 1.74 bits per heavy atom. The summed E-state index contributed by atoms with van der Waals surface area (Å²) in [5.74, 6) is 6.66. The first-order chi connectivity index (χ1) is 12.9. The maximum atomic E-state index is 13.0. The van der Waals surface area contributed by atoms with Gasteiger partial charge in [-0.3, -0.25) is 9.36 Å². The van der Waals surface area contributed by atoms with Gasteiger partial charge in [-0.1, -0.05) is 11.8 Å². The summed E-state index contributed by atoms with van der Waals surface area (Å²) in [5, 5.41) is 0.623. The number of hydrogen-bond acceptors (Lipinski definition) is 2. The van der Waals surface area contributed by atoms with Crippen LogP contribution in [0.4, 0.5) is 4.39 Å². The molecule has 0 N–H and O–H groups in total. The number of likely N-dealkylation sites (N-methyl/N-ethyl adjacent to an activating group) is 1. The van der Waals surface area contributed by atoms with Crippen LogP contribution in [0.25, 0.3) is 10.9 Å². The van der Waals surface area contributed by atoms with Crippen LogP contribution in [-0.4, -0.2) is 41.2 Å². The maximum Gasteiger partial charge on any atom is 0.261 e. The van der Waals surface area contributed by atoms with Crippen LogP contribution in [0.3, 0.4) is 0 Å². The second-order valence-corrected chi connectivity index (χ2v) is 7.61. The molecule has 0 spiro atoms. The van der Waals surface area contributed by atoms with Gasteiger partial charge in [0.1, 0.15) is 11.6 Å². The maximum absolute atomic E-state index is 13.0. The molecule has 0 bridgehead atoms. The first-order valence-electron chi connectivity index (χ1n) is 9.04. The van der Waals surface area contributed by atoms with Gasteiger partial charge in [-0.05, 0) is 42.5 Å².